The fraction of sp³-hybridized carbons (Fsp3) is 0.500. The summed E-state index contributed by atoms with van der Waals surface area (Å²) in [5.41, 5.74) is -0.250. The Morgan fingerprint density at radius 3 is 2.31 bits per heavy atom. The minimum absolute atomic E-state index is 0.411. The van der Waals surface area contributed by atoms with Crippen LogP contribution in [0.1, 0.15) is 13.8 Å². The predicted molar refractivity (Wildman–Crippen MR) is 51.4 cm³/mol. The summed E-state index contributed by atoms with van der Waals surface area (Å²) in [4.78, 5) is 11.4. The van der Waals surface area contributed by atoms with Gasteiger partial charge in [-0.1, -0.05) is 18.7 Å². The third-order valence-corrected chi connectivity index (χ3v) is 2.10. The van der Waals surface area contributed by atoms with Crippen LogP contribution in [0.25, 0.3) is 0 Å². The van der Waals surface area contributed by atoms with Gasteiger partial charge in [0.25, 0.3) is 0 Å². The van der Waals surface area contributed by atoms with Crippen LogP contribution in [0.3, 0.4) is 0 Å². The zero-order chi connectivity index (χ0) is 10.5. The molecule has 0 aromatic rings. The number of esters is 1. The van der Waals surface area contributed by atoms with E-state index in [1.807, 2.05) is 0 Å². The number of methoxy groups -OCH3 is 2. The standard InChI is InChI=1S/C10H16O3/c1-6-7-8(2)10(3,13-5)9(11)12-4/h6-7H,1H2,2-5H3/b8-7+. The molecule has 0 aliphatic rings. The van der Waals surface area contributed by atoms with Gasteiger partial charge in [-0.2, -0.15) is 0 Å². The molecule has 74 valence electrons. The molecule has 3 nitrogen and oxygen atoms in total. The van der Waals surface area contributed by atoms with Gasteiger partial charge in [-0.15, -0.1) is 0 Å². The van der Waals surface area contributed by atoms with E-state index >= 15 is 0 Å². The van der Waals surface area contributed by atoms with Crippen LogP contribution in [0.2, 0.25) is 0 Å². The smallest absolute Gasteiger partial charge is 0.342 e. The highest BCUT2D eigenvalue weighted by Crippen LogP contribution is 2.21. The first-order valence-corrected chi connectivity index (χ1v) is 3.96. The molecule has 0 aromatic heterocycles. The van der Waals surface area contributed by atoms with Gasteiger partial charge in [0.2, 0.25) is 0 Å². The number of hydrogen-bond acceptors (Lipinski definition) is 3. The molecular formula is C10H16O3. The summed E-state index contributed by atoms with van der Waals surface area (Å²) in [5, 5.41) is 0. The molecule has 0 aromatic carbocycles. The Hall–Kier alpha value is -1.09. The minimum atomic E-state index is -1.01. The monoisotopic (exact) mass is 184 g/mol. The Balaban J connectivity index is 4.92. The van der Waals surface area contributed by atoms with Gasteiger partial charge in [-0.3, -0.25) is 0 Å². The van der Waals surface area contributed by atoms with Crippen molar-refractivity contribution in [3.05, 3.63) is 24.3 Å². The van der Waals surface area contributed by atoms with E-state index in [4.69, 9.17) is 4.74 Å². The molecular weight excluding hydrogens is 168 g/mol. The van der Waals surface area contributed by atoms with Crippen LogP contribution in [-0.4, -0.2) is 25.8 Å². The Bertz CT molecular complexity index is 230. The minimum Gasteiger partial charge on any atom is -0.467 e. The lowest BCUT2D eigenvalue weighted by molar-refractivity contribution is -0.159. The maximum Gasteiger partial charge on any atom is 0.342 e. The summed E-state index contributed by atoms with van der Waals surface area (Å²) < 4.78 is 9.75. The van der Waals surface area contributed by atoms with Crippen molar-refractivity contribution in [2.75, 3.05) is 14.2 Å². The summed E-state index contributed by atoms with van der Waals surface area (Å²) in [6.45, 7) is 7.00. The van der Waals surface area contributed by atoms with Gasteiger partial charge in [0.05, 0.1) is 7.11 Å². The van der Waals surface area contributed by atoms with Crippen molar-refractivity contribution in [1.29, 1.82) is 0 Å². The lowest BCUT2D eigenvalue weighted by Gasteiger charge is -2.25. The first-order valence-electron chi connectivity index (χ1n) is 3.96. The molecule has 3 heteroatoms. The van der Waals surface area contributed by atoms with E-state index in [2.05, 4.69) is 11.3 Å². The maximum atomic E-state index is 11.4. The van der Waals surface area contributed by atoms with Crippen LogP contribution in [0.4, 0.5) is 0 Å². The summed E-state index contributed by atoms with van der Waals surface area (Å²) in [6.07, 6.45) is 3.33. The molecule has 0 aliphatic carbocycles. The average molecular weight is 184 g/mol. The van der Waals surface area contributed by atoms with Crippen molar-refractivity contribution in [3.8, 4) is 0 Å². The van der Waals surface area contributed by atoms with Crippen molar-refractivity contribution >= 4 is 5.97 Å². The molecule has 0 aliphatic heterocycles. The second kappa shape index (κ2) is 4.82. The number of carbonyl (C=O) groups excluding carboxylic acids is 1. The lowest BCUT2D eigenvalue weighted by Crippen LogP contribution is -2.39. The molecule has 0 bridgehead atoms. The second-order valence-electron chi connectivity index (χ2n) is 2.81. The molecule has 0 N–H and O–H groups in total. The molecule has 1 atom stereocenters. The number of ether oxygens (including phenoxy) is 2. The van der Waals surface area contributed by atoms with E-state index in [0.29, 0.717) is 0 Å². The van der Waals surface area contributed by atoms with Crippen molar-refractivity contribution < 1.29 is 14.3 Å². The van der Waals surface area contributed by atoms with Crippen molar-refractivity contribution in [2.45, 2.75) is 19.4 Å². The maximum absolute atomic E-state index is 11.4. The van der Waals surface area contributed by atoms with E-state index in [-0.39, 0.29) is 0 Å². The molecule has 0 radical (unpaired) electrons. The molecule has 13 heavy (non-hydrogen) atoms. The fourth-order valence-corrected chi connectivity index (χ4v) is 0.936. The Labute approximate surface area is 79.0 Å². The third kappa shape index (κ3) is 2.42. The Morgan fingerprint density at radius 2 is 2.00 bits per heavy atom. The summed E-state index contributed by atoms with van der Waals surface area (Å²) in [7, 11) is 2.80. The van der Waals surface area contributed by atoms with Gasteiger partial charge in [-0.05, 0) is 19.4 Å². The van der Waals surface area contributed by atoms with Gasteiger partial charge in [-0.25, -0.2) is 4.79 Å². The molecule has 0 rings (SSSR count). The van der Waals surface area contributed by atoms with Crippen LogP contribution in [0.5, 0.6) is 0 Å². The van der Waals surface area contributed by atoms with E-state index in [0.717, 1.165) is 5.57 Å². The number of rotatable bonds is 4. The second-order valence-corrected chi connectivity index (χ2v) is 2.81. The van der Waals surface area contributed by atoms with Gasteiger partial charge >= 0.3 is 5.97 Å². The van der Waals surface area contributed by atoms with Crippen LogP contribution in [0.15, 0.2) is 24.3 Å². The summed E-state index contributed by atoms with van der Waals surface area (Å²) >= 11 is 0. The number of carbonyl (C=O) groups is 1. The number of allylic oxidation sites excluding steroid dienone is 2. The highest BCUT2D eigenvalue weighted by molar-refractivity contribution is 5.83. The third-order valence-electron chi connectivity index (χ3n) is 2.10. The average Bonchev–Trinajstić information content (AvgIpc) is 2.15. The molecule has 0 heterocycles. The van der Waals surface area contributed by atoms with Gasteiger partial charge in [0, 0.05) is 7.11 Å². The van der Waals surface area contributed by atoms with Crippen molar-refractivity contribution in [2.24, 2.45) is 0 Å². The molecule has 0 saturated carbocycles. The van der Waals surface area contributed by atoms with Gasteiger partial charge in [0.1, 0.15) is 0 Å². The van der Waals surface area contributed by atoms with E-state index in [9.17, 15) is 4.79 Å². The highest BCUT2D eigenvalue weighted by Gasteiger charge is 2.35. The first kappa shape index (κ1) is 11.9. The normalized spacial score (nSPS) is 16.2. The Morgan fingerprint density at radius 1 is 1.46 bits per heavy atom. The van der Waals surface area contributed by atoms with Crippen molar-refractivity contribution in [3.63, 3.8) is 0 Å². The summed E-state index contributed by atoms with van der Waals surface area (Å²) in [6, 6.07) is 0. The van der Waals surface area contributed by atoms with Crippen LogP contribution >= 0.6 is 0 Å². The van der Waals surface area contributed by atoms with Gasteiger partial charge in [0.15, 0.2) is 5.60 Å². The van der Waals surface area contributed by atoms with Crippen LogP contribution in [0, 0.1) is 0 Å². The molecule has 0 spiro atoms. The predicted octanol–water partition coefficient (Wildman–Crippen LogP) is 1.70. The van der Waals surface area contributed by atoms with E-state index < -0.39 is 11.6 Å². The van der Waals surface area contributed by atoms with Crippen LogP contribution in [-0.2, 0) is 14.3 Å². The van der Waals surface area contributed by atoms with Gasteiger partial charge < -0.3 is 9.47 Å². The SMILES string of the molecule is C=C/C=C(\C)C(C)(OC)C(=O)OC. The van der Waals surface area contributed by atoms with Crippen LogP contribution < -0.4 is 0 Å². The summed E-state index contributed by atoms with van der Waals surface area (Å²) in [5.74, 6) is -0.411. The molecule has 0 amide bonds. The molecule has 0 saturated heterocycles. The highest BCUT2D eigenvalue weighted by atomic mass is 16.6. The van der Waals surface area contributed by atoms with E-state index in [1.165, 1.54) is 14.2 Å². The molecule has 0 fully saturated rings. The van der Waals surface area contributed by atoms with Crippen molar-refractivity contribution in [1.82, 2.24) is 0 Å². The topological polar surface area (TPSA) is 35.5 Å². The van der Waals surface area contributed by atoms with E-state index in [1.54, 1.807) is 26.0 Å². The lowest BCUT2D eigenvalue weighted by atomic mass is 9.97. The largest absolute Gasteiger partial charge is 0.467 e. The zero-order valence-electron chi connectivity index (χ0n) is 8.59. The Kier molecular flexibility index (Phi) is 4.42. The quantitative estimate of drug-likeness (QED) is 0.492. The molecule has 1 unspecified atom stereocenters. The fourth-order valence-electron chi connectivity index (χ4n) is 0.936. The first-order chi connectivity index (χ1) is 6.02. The zero-order valence-corrected chi connectivity index (χ0v) is 8.59. The number of hydrogen-bond donors (Lipinski definition) is 0.